The smallest absolute Gasteiger partial charge is 0.337 e. The molecule has 0 unspecified atom stereocenters. The van der Waals surface area contributed by atoms with E-state index in [1.165, 1.54) is 10.9 Å². The first kappa shape index (κ1) is 19.7. The molecule has 0 bridgehead atoms. The Bertz CT molecular complexity index is 809. The van der Waals surface area contributed by atoms with E-state index in [9.17, 15) is 18.0 Å². The van der Waals surface area contributed by atoms with Crippen LogP contribution in [-0.4, -0.2) is 50.4 Å². The SMILES string of the molecule is Cl.O=C(c1n[nH]c2c1CNCC2)N1CCC(n2ccc(C(F)(F)F)n2)CC1. The molecule has 0 aliphatic carbocycles. The van der Waals surface area contributed by atoms with Crippen molar-refractivity contribution < 1.29 is 18.0 Å². The minimum Gasteiger partial charge on any atom is -0.337 e. The molecular weight excluding hydrogens is 385 g/mol. The summed E-state index contributed by atoms with van der Waals surface area (Å²) in [6.45, 7) is 2.43. The van der Waals surface area contributed by atoms with Crippen molar-refractivity contribution in [2.75, 3.05) is 19.6 Å². The molecule has 2 aromatic rings. The quantitative estimate of drug-likeness (QED) is 0.804. The molecule has 11 heteroatoms. The van der Waals surface area contributed by atoms with E-state index in [4.69, 9.17) is 0 Å². The number of nitrogens with one attached hydrogen (secondary N) is 2. The third-order valence-corrected chi connectivity index (χ3v) is 5.03. The van der Waals surface area contributed by atoms with Gasteiger partial charge in [0.1, 0.15) is 0 Å². The van der Waals surface area contributed by atoms with Crippen LogP contribution in [0.1, 0.15) is 46.3 Å². The molecule has 2 aliphatic rings. The van der Waals surface area contributed by atoms with E-state index in [2.05, 4.69) is 20.6 Å². The van der Waals surface area contributed by atoms with Crippen molar-refractivity contribution in [2.24, 2.45) is 0 Å². The molecule has 4 rings (SSSR count). The molecule has 2 aliphatic heterocycles. The topological polar surface area (TPSA) is 78.8 Å². The Kier molecular flexibility index (Phi) is 5.48. The number of aromatic amines is 1. The van der Waals surface area contributed by atoms with Gasteiger partial charge in [-0.1, -0.05) is 0 Å². The van der Waals surface area contributed by atoms with Gasteiger partial charge in [0.25, 0.3) is 5.91 Å². The van der Waals surface area contributed by atoms with Gasteiger partial charge in [-0.15, -0.1) is 12.4 Å². The van der Waals surface area contributed by atoms with Gasteiger partial charge in [0.15, 0.2) is 11.4 Å². The highest BCUT2D eigenvalue weighted by Gasteiger charge is 2.35. The summed E-state index contributed by atoms with van der Waals surface area (Å²) in [6.07, 6.45) is -1.13. The Balaban J connectivity index is 0.00000210. The van der Waals surface area contributed by atoms with E-state index in [1.54, 1.807) is 4.90 Å². The van der Waals surface area contributed by atoms with Crippen LogP contribution in [-0.2, 0) is 19.1 Å². The number of amides is 1. The molecule has 2 aromatic heterocycles. The first-order valence-corrected chi connectivity index (χ1v) is 8.62. The van der Waals surface area contributed by atoms with Crippen LogP contribution in [0.5, 0.6) is 0 Å². The van der Waals surface area contributed by atoms with Gasteiger partial charge in [-0.25, -0.2) is 0 Å². The van der Waals surface area contributed by atoms with E-state index in [0.717, 1.165) is 30.3 Å². The largest absolute Gasteiger partial charge is 0.435 e. The third kappa shape index (κ3) is 3.81. The van der Waals surface area contributed by atoms with Crippen LogP contribution in [0, 0.1) is 0 Å². The molecule has 1 fully saturated rings. The first-order chi connectivity index (χ1) is 12.4. The second-order valence-electron chi connectivity index (χ2n) is 6.66. The maximum atomic E-state index is 12.8. The summed E-state index contributed by atoms with van der Waals surface area (Å²) in [5, 5.41) is 14.0. The van der Waals surface area contributed by atoms with Gasteiger partial charge in [0.2, 0.25) is 0 Å². The first-order valence-electron chi connectivity index (χ1n) is 8.62. The lowest BCUT2D eigenvalue weighted by atomic mass is 10.0. The van der Waals surface area contributed by atoms with Gasteiger partial charge in [-0.05, 0) is 18.9 Å². The van der Waals surface area contributed by atoms with Crippen LogP contribution in [0.3, 0.4) is 0 Å². The fourth-order valence-corrected chi connectivity index (χ4v) is 3.58. The minimum absolute atomic E-state index is 0. The van der Waals surface area contributed by atoms with Crippen molar-refractivity contribution in [3.05, 3.63) is 34.9 Å². The second-order valence-corrected chi connectivity index (χ2v) is 6.66. The Morgan fingerprint density at radius 3 is 2.67 bits per heavy atom. The van der Waals surface area contributed by atoms with Crippen LogP contribution in [0.4, 0.5) is 13.2 Å². The number of hydrogen-bond donors (Lipinski definition) is 2. The molecule has 7 nitrogen and oxygen atoms in total. The maximum Gasteiger partial charge on any atom is 0.435 e. The van der Waals surface area contributed by atoms with Crippen LogP contribution >= 0.6 is 12.4 Å². The number of nitrogens with zero attached hydrogens (tertiary/aromatic N) is 4. The minimum atomic E-state index is -4.44. The van der Waals surface area contributed by atoms with Gasteiger partial charge >= 0.3 is 6.18 Å². The second kappa shape index (κ2) is 7.51. The molecule has 0 saturated carbocycles. The van der Waals surface area contributed by atoms with E-state index < -0.39 is 11.9 Å². The zero-order valence-electron chi connectivity index (χ0n) is 14.4. The number of piperidine rings is 1. The number of H-pyrrole nitrogens is 1. The van der Waals surface area contributed by atoms with Crippen molar-refractivity contribution in [1.82, 2.24) is 30.2 Å². The van der Waals surface area contributed by atoms with Gasteiger partial charge in [0, 0.05) is 50.1 Å². The van der Waals surface area contributed by atoms with Gasteiger partial charge in [-0.2, -0.15) is 23.4 Å². The number of halogens is 4. The summed E-state index contributed by atoms with van der Waals surface area (Å²) < 4.78 is 39.4. The van der Waals surface area contributed by atoms with E-state index in [1.807, 2.05) is 0 Å². The van der Waals surface area contributed by atoms with Gasteiger partial charge in [-0.3, -0.25) is 14.6 Å². The lowest BCUT2D eigenvalue weighted by Gasteiger charge is -2.32. The summed E-state index contributed by atoms with van der Waals surface area (Å²) in [6, 6.07) is 0.852. The third-order valence-electron chi connectivity index (χ3n) is 5.03. The van der Waals surface area contributed by atoms with Gasteiger partial charge in [0.05, 0.1) is 6.04 Å². The highest BCUT2D eigenvalue weighted by molar-refractivity contribution is 5.94. The van der Waals surface area contributed by atoms with E-state index in [0.29, 0.717) is 38.2 Å². The van der Waals surface area contributed by atoms with E-state index >= 15 is 0 Å². The number of hydrogen-bond acceptors (Lipinski definition) is 4. The Hall–Kier alpha value is -2.07. The van der Waals surface area contributed by atoms with Crippen LogP contribution in [0.15, 0.2) is 12.3 Å². The monoisotopic (exact) mass is 404 g/mol. The van der Waals surface area contributed by atoms with Crippen molar-refractivity contribution >= 4 is 18.3 Å². The number of aromatic nitrogens is 4. The van der Waals surface area contributed by atoms with Crippen molar-refractivity contribution in [2.45, 2.75) is 38.0 Å². The normalized spacial score (nSPS) is 18.1. The molecule has 27 heavy (non-hydrogen) atoms. The van der Waals surface area contributed by atoms with Gasteiger partial charge < -0.3 is 10.2 Å². The lowest BCUT2D eigenvalue weighted by molar-refractivity contribution is -0.141. The highest BCUT2D eigenvalue weighted by atomic mass is 35.5. The fourth-order valence-electron chi connectivity index (χ4n) is 3.58. The Labute approximate surface area is 159 Å². The van der Waals surface area contributed by atoms with Crippen LogP contribution in [0.25, 0.3) is 0 Å². The Morgan fingerprint density at radius 1 is 1.26 bits per heavy atom. The molecule has 2 N–H and O–H groups in total. The summed E-state index contributed by atoms with van der Waals surface area (Å²) >= 11 is 0. The molecule has 1 saturated heterocycles. The number of carbonyl (C=O) groups is 1. The predicted molar refractivity (Wildman–Crippen MR) is 92.6 cm³/mol. The van der Waals surface area contributed by atoms with Crippen LogP contribution in [0.2, 0.25) is 0 Å². The van der Waals surface area contributed by atoms with Crippen LogP contribution < -0.4 is 5.32 Å². The fraction of sp³-hybridized carbons (Fsp3) is 0.562. The van der Waals surface area contributed by atoms with Crippen molar-refractivity contribution in [3.8, 4) is 0 Å². The summed E-state index contributed by atoms with van der Waals surface area (Å²) in [4.78, 5) is 14.5. The molecule has 1 amide bonds. The zero-order chi connectivity index (χ0) is 18.3. The molecule has 0 atom stereocenters. The molecular formula is C16H20ClF3N6O. The zero-order valence-corrected chi connectivity index (χ0v) is 15.2. The predicted octanol–water partition coefficient (Wildman–Crippen LogP) is 2.17. The molecule has 0 aromatic carbocycles. The number of carbonyl (C=O) groups excluding carboxylic acids is 1. The highest BCUT2D eigenvalue weighted by Crippen LogP contribution is 2.30. The van der Waals surface area contributed by atoms with Crippen molar-refractivity contribution in [1.29, 1.82) is 0 Å². The average Bonchev–Trinajstić information content (AvgIpc) is 3.28. The van der Waals surface area contributed by atoms with E-state index in [-0.39, 0.29) is 24.4 Å². The molecule has 4 heterocycles. The van der Waals surface area contributed by atoms with Crippen molar-refractivity contribution in [3.63, 3.8) is 0 Å². The summed E-state index contributed by atoms with van der Waals surface area (Å²) in [5.74, 6) is -0.124. The summed E-state index contributed by atoms with van der Waals surface area (Å²) in [7, 11) is 0. The number of fused-ring (bicyclic) bond motifs is 1. The average molecular weight is 405 g/mol. The number of rotatable bonds is 2. The number of likely N-dealkylation sites (tertiary alicyclic amines) is 1. The standard InChI is InChI=1S/C16H19F3N6O.ClH/c17-16(18,19)13-4-8-25(23-13)10-2-6-24(7-3-10)15(26)14-11-9-20-5-1-12(11)21-22-14;/h4,8,10,20H,1-3,5-7,9H2,(H,21,22);1H. The Morgan fingerprint density at radius 2 is 2.00 bits per heavy atom. The molecule has 148 valence electrons. The lowest BCUT2D eigenvalue weighted by Crippen LogP contribution is -2.40. The maximum absolute atomic E-state index is 12.8. The molecule has 0 spiro atoms. The molecule has 0 radical (unpaired) electrons. The summed E-state index contributed by atoms with van der Waals surface area (Å²) in [5.41, 5.74) is 1.49. The number of alkyl halides is 3.